The van der Waals surface area contributed by atoms with Crippen LogP contribution in [0.15, 0.2) is 18.2 Å². The highest BCUT2D eigenvalue weighted by molar-refractivity contribution is 9.12. The van der Waals surface area contributed by atoms with Gasteiger partial charge >= 0.3 is 0 Å². The molecule has 66 valence electrons. The van der Waals surface area contributed by atoms with Crippen LogP contribution in [-0.2, 0) is 0 Å². The molecular weight excluding hydrogens is 280 g/mol. The molecule has 0 aromatic heterocycles. The average molecular weight is 292 g/mol. The first-order valence-electron chi connectivity index (χ1n) is 3.92. The van der Waals surface area contributed by atoms with Gasteiger partial charge in [0.15, 0.2) is 0 Å². The molecule has 0 radical (unpaired) electrons. The number of benzene rings is 1. The largest absolute Gasteiger partial charge is 0.0912 e. The van der Waals surface area contributed by atoms with E-state index in [1.807, 2.05) is 0 Å². The van der Waals surface area contributed by atoms with Gasteiger partial charge in [0.1, 0.15) is 0 Å². The maximum Gasteiger partial charge on any atom is 0.0494 e. The van der Waals surface area contributed by atoms with Crippen molar-refractivity contribution in [1.82, 2.24) is 0 Å². The fourth-order valence-electron chi connectivity index (χ4n) is 1.26. The topological polar surface area (TPSA) is 0 Å². The zero-order valence-electron chi connectivity index (χ0n) is 7.27. The van der Waals surface area contributed by atoms with Gasteiger partial charge in [0.2, 0.25) is 0 Å². The molecule has 0 saturated carbocycles. The van der Waals surface area contributed by atoms with Crippen molar-refractivity contribution in [2.24, 2.45) is 0 Å². The second kappa shape index (κ2) is 4.43. The van der Waals surface area contributed by atoms with Gasteiger partial charge in [-0.05, 0) is 25.0 Å². The van der Waals surface area contributed by atoms with E-state index in [0.717, 1.165) is 5.33 Å². The molecule has 1 atom stereocenters. The van der Waals surface area contributed by atoms with Gasteiger partial charge in [-0.2, -0.15) is 0 Å². The average Bonchev–Trinajstić information content (AvgIpc) is 2.03. The second-order valence-corrected chi connectivity index (χ2v) is 4.73. The molecule has 2 heteroatoms. The Hall–Kier alpha value is 0.180. The molecule has 0 fully saturated rings. The highest BCUT2D eigenvalue weighted by atomic mass is 79.9. The molecule has 0 amide bonds. The quantitative estimate of drug-likeness (QED) is 0.719. The summed E-state index contributed by atoms with van der Waals surface area (Å²) in [5, 5.41) is 0.955. The summed E-state index contributed by atoms with van der Waals surface area (Å²) in [6.45, 7) is 4.27. The van der Waals surface area contributed by atoms with E-state index in [4.69, 9.17) is 0 Å². The number of hydrogen-bond acceptors (Lipinski definition) is 0. The first kappa shape index (κ1) is 10.3. The molecule has 1 rings (SSSR count). The maximum atomic E-state index is 3.61. The lowest BCUT2D eigenvalue weighted by Crippen LogP contribution is -1.94. The van der Waals surface area contributed by atoms with Gasteiger partial charge in [0.05, 0.1) is 0 Å². The Labute approximate surface area is 90.6 Å². The smallest absolute Gasteiger partial charge is 0.0494 e. The van der Waals surface area contributed by atoms with E-state index in [0.29, 0.717) is 4.83 Å². The highest BCUT2D eigenvalue weighted by Crippen LogP contribution is 2.27. The summed E-state index contributed by atoms with van der Waals surface area (Å²) in [4.78, 5) is 0.429. The van der Waals surface area contributed by atoms with E-state index >= 15 is 0 Å². The van der Waals surface area contributed by atoms with Crippen LogP contribution in [0.25, 0.3) is 0 Å². The van der Waals surface area contributed by atoms with Gasteiger partial charge < -0.3 is 0 Å². The van der Waals surface area contributed by atoms with E-state index < -0.39 is 0 Å². The second-order valence-electron chi connectivity index (χ2n) is 2.98. The molecule has 0 bridgehead atoms. The molecule has 1 unspecified atom stereocenters. The number of alkyl halides is 2. The minimum Gasteiger partial charge on any atom is -0.0912 e. The van der Waals surface area contributed by atoms with Crippen LogP contribution in [0, 0.1) is 13.8 Å². The standard InChI is InChI=1S/C10H12Br2/c1-7-3-4-9(8(2)5-7)10(12)6-11/h3-5,10H,6H2,1-2H3. The highest BCUT2D eigenvalue weighted by Gasteiger charge is 2.07. The molecule has 0 aliphatic carbocycles. The molecule has 1 aromatic rings. The molecule has 12 heavy (non-hydrogen) atoms. The van der Waals surface area contributed by atoms with Crippen molar-refractivity contribution in [2.75, 3.05) is 5.33 Å². The van der Waals surface area contributed by atoms with E-state index in [1.165, 1.54) is 16.7 Å². The minimum atomic E-state index is 0.429. The third-order valence-electron chi connectivity index (χ3n) is 1.90. The van der Waals surface area contributed by atoms with Crippen LogP contribution < -0.4 is 0 Å². The summed E-state index contributed by atoms with van der Waals surface area (Å²) in [5.41, 5.74) is 4.05. The maximum absolute atomic E-state index is 3.61. The Balaban J connectivity index is 3.01. The van der Waals surface area contributed by atoms with Crippen LogP contribution in [0.3, 0.4) is 0 Å². The van der Waals surface area contributed by atoms with E-state index in [1.54, 1.807) is 0 Å². The minimum absolute atomic E-state index is 0.429. The zero-order valence-corrected chi connectivity index (χ0v) is 10.4. The van der Waals surface area contributed by atoms with Crippen molar-refractivity contribution in [3.05, 3.63) is 34.9 Å². The summed E-state index contributed by atoms with van der Waals surface area (Å²) in [6, 6.07) is 6.55. The van der Waals surface area contributed by atoms with Crippen LogP contribution in [0.1, 0.15) is 21.5 Å². The van der Waals surface area contributed by atoms with Crippen molar-refractivity contribution in [3.8, 4) is 0 Å². The third-order valence-corrected chi connectivity index (χ3v) is 4.23. The predicted octanol–water partition coefficient (Wildman–Crippen LogP) is 4.13. The lowest BCUT2D eigenvalue weighted by Gasteiger charge is -2.10. The summed E-state index contributed by atoms with van der Waals surface area (Å²) in [5.74, 6) is 0. The molecule has 0 aliphatic rings. The molecule has 0 nitrogen and oxygen atoms in total. The number of aryl methyl sites for hydroxylation is 2. The number of rotatable bonds is 2. The van der Waals surface area contributed by atoms with Crippen LogP contribution in [0.5, 0.6) is 0 Å². The zero-order chi connectivity index (χ0) is 9.14. The molecule has 0 spiro atoms. The summed E-state index contributed by atoms with van der Waals surface area (Å²) in [7, 11) is 0. The molecule has 0 aliphatic heterocycles. The SMILES string of the molecule is Cc1ccc(C(Br)CBr)c(C)c1. The van der Waals surface area contributed by atoms with E-state index in [9.17, 15) is 0 Å². The van der Waals surface area contributed by atoms with Crippen LogP contribution in [-0.4, -0.2) is 5.33 Å². The summed E-state index contributed by atoms with van der Waals surface area (Å²) in [6.07, 6.45) is 0. The first-order chi connectivity index (χ1) is 5.65. The number of hydrogen-bond donors (Lipinski definition) is 0. The molecule has 0 N–H and O–H groups in total. The fourth-order valence-corrected chi connectivity index (χ4v) is 2.12. The Bertz CT molecular complexity index is 269. The van der Waals surface area contributed by atoms with Crippen LogP contribution >= 0.6 is 31.9 Å². The Kier molecular flexibility index (Phi) is 3.78. The lowest BCUT2D eigenvalue weighted by atomic mass is 10.0. The molecule has 0 saturated heterocycles. The molecule has 1 aromatic carbocycles. The Morgan fingerprint density at radius 1 is 1.33 bits per heavy atom. The van der Waals surface area contributed by atoms with Crippen molar-refractivity contribution in [2.45, 2.75) is 18.7 Å². The van der Waals surface area contributed by atoms with E-state index in [-0.39, 0.29) is 0 Å². The third kappa shape index (κ3) is 2.33. The molecular formula is C10H12Br2. The van der Waals surface area contributed by atoms with Gasteiger partial charge in [0.25, 0.3) is 0 Å². The van der Waals surface area contributed by atoms with Gasteiger partial charge in [-0.3, -0.25) is 0 Å². The molecule has 0 heterocycles. The van der Waals surface area contributed by atoms with Gasteiger partial charge in [-0.1, -0.05) is 55.6 Å². The van der Waals surface area contributed by atoms with Crippen LogP contribution in [0.4, 0.5) is 0 Å². The summed E-state index contributed by atoms with van der Waals surface area (Å²) >= 11 is 7.07. The monoisotopic (exact) mass is 290 g/mol. The Morgan fingerprint density at radius 3 is 2.50 bits per heavy atom. The van der Waals surface area contributed by atoms with Gasteiger partial charge in [0, 0.05) is 10.2 Å². The van der Waals surface area contributed by atoms with Gasteiger partial charge in [-0.25, -0.2) is 0 Å². The lowest BCUT2D eigenvalue weighted by molar-refractivity contribution is 1.11. The van der Waals surface area contributed by atoms with Gasteiger partial charge in [-0.15, -0.1) is 0 Å². The predicted molar refractivity (Wildman–Crippen MR) is 61.4 cm³/mol. The number of halogens is 2. The fraction of sp³-hybridized carbons (Fsp3) is 0.400. The van der Waals surface area contributed by atoms with Crippen molar-refractivity contribution in [3.63, 3.8) is 0 Å². The van der Waals surface area contributed by atoms with Crippen molar-refractivity contribution in [1.29, 1.82) is 0 Å². The van der Waals surface area contributed by atoms with Crippen molar-refractivity contribution < 1.29 is 0 Å². The first-order valence-corrected chi connectivity index (χ1v) is 5.96. The Morgan fingerprint density at radius 2 is 2.00 bits per heavy atom. The van der Waals surface area contributed by atoms with Crippen molar-refractivity contribution >= 4 is 31.9 Å². The van der Waals surface area contributed by atoms with Crippen LogP contribution in [0.2, 0.25) is 0 Å². The summed E-state index contributed by atoms with van der Waals surface area (Å²) < 4.78 is 0. The normalized spacial score (nSPS) is 13.0. The van der Waals surface area contributed by atoms with E-state index in [2.05, 4.69) is 63.9 Å².